The fraction of sp³-hybridized carbons (Fsp3) is 0.476. The minimum Gasteiger partial charge on any atom is -0.358 e. The summed E-state index contributed by atoms with van der Waals surface area (Å²) in [7, 11) is 0. The first kappa shape index (κ1) is 18.0. The molecule has 4 rings (SSSR count). The van der Waals surface area contributed by atoms with Crippen LogP contribution < -0.4 is 5.32 Å². The molecule has 1 aromatic carbocycles. The average Bonchev–Trinajstić information content (AvgIpc) is 3.32. The molecular weight excluding hydrogens is 358 g/mol. The summed E-state index contributed by atoms with van der Waals surface area (Å²) in [6.45, 7) is 6.60. The number of thiocarbonyl (C=S) groups is 1. The molecule has 1 aromatic heterocycles. The van der Waals surface area contributed by atoms with Crippen LogP contribution in [0.5, 0.6) is 0 Å². The van der Waals surface area contributed by atoms with Crippen LogP contribution in [0.25, 0.3) is 0 Å². The van der Waals surface area contributed by atoms with Gasteiger partial charge in [-0.3, -0.25) is 4.90 Å². The minimum atomic E-state index is 0.509. The predicted octanol–water partition coefficient (Wildman–Crippen LogP) is 4.11. The maximum Gasteiger partial charge on any atom is 0.169 e. The van der Waals surface area contributed by atoms with E-state index < -0.39 is 0 Å². The lowest BCUT2D eigenvalue weighted by molar-refractivity contribution is 0.147. The summed E-state index contributed by atoms with van der Waals surface area (Å²) in [6.07, 6.45) is 3.86. The molecule has 0 atom stereocenters. The highest BCUT2D eigenvalue weighted by Crippen LogP contribution is 2.40. The maximum atomic E-state index is 5.63. The summed E-state index contributed by atoms with van der Waals surface area (Å²) in [4.78, 5) is 6.35. The minimum absolute atomic E-state index is 0.509. The number of piperidine rings is 1. The van der Waals surface area contributed by atoms with Crippen LogP contribution in [-0.2, 0) is 13.1 Å². The van der Waals surface area contributed by atoms with Gasteiger partial charge in [0.15, 0.2) is 5.11 Å². The highest BCUT2D eigenvalue weighted by molar-refractivity contribution is 7.80. The number of rotatable bonds is 4. The van der Waals surface area contributed by atoms with E-state index in [1.807, 2.05) is 0 Å². The molecule has 138 valence electrons. The second kappa shape index (κ2) is 8.07. The molecule has 2 aliphatic rings. The Morgan fingerprint density at radius 2 is 1.81 bits per heavy atom. The topological polar surface area (TPSA) is 18.5 Å². The number of nitrogens with zero attached hydrogens (tertiary/aromatic N) is 2. The largest absolute Gasteiger partial charge is 0.358 e. The van der Waals surface area contributed by atoms with Gasteiger partial charge in [0.05, 0.1) is 6.54 Å². The van der Waals surface area contributed by atoms with Gasteiger partial charge in [-0.1, -0.05) is 36.4 Å². The number of thiophene rings is 1. The highest BCUT2D eigenvalue weighted by atomic mass is 32.1. The van der Waals surface area contributed by atoms with E-state index >= 15 is 0 Å². The van der Waals surface area contributed by atoms with Crippen molar-refractivity contribution in [3.63, 3.8) is 0 Å². The SMILES string of the molecule is S=C(NCc1cccs1)N1CCC2(CCN(Cc3ccccc3)C2)CC1. The summed E-state index contributed by atoms with van der Waals surface area (Å²) in [5.41, 5.74) is 1.94. The molecule has 3 heterocycles. The van der Waals surface area contributed by atoms with E-state index in [4.69, 9.17) is 12.2 Å². The zero-order chi connectivity index (χ0) is 17.8. The number of benzene rings is 1. The van der Waals surface area contributed by atoms with Gasteiger partial charge >= 0.3 is 0 Å². The van der Waals surface area contributed by atoms with Gasteiger partial charge in [0.25, 0.3) is 0 Å². The number of hydrogen-bond donors (Lipinski definition) is 1. The highest BCUT2D eigenvalue weighted by Gasteiger charge is 2.40. The van der Waals surface area contributed by atoms with E-state index in [2.05, 4.69) is 63.0 Å². The van der Waals surface area contributed by atoms with Crippen molar-refractivity contribution < 1.29 is 0 Å². The number of nitrogens with one attached hydrogen (secondary N) is 1. The van der Waals surface area contributed by atoms with E-state index in [1.165, 1.54) is 42.8 Å². The zero-order valence-electron chi connectivity index (χ0n) is 15.2. The van der Waals surface area contributed by atoms with Crippen LogP contribution in [-0.4, -0.2) is 41.1 Å². The van der Waals surface area contributed by atoms with Crippen molar-refractivity contribution in [3.05, 3.63) is 58.3 Å². The number of likely N-dealkylation sites (tertiary alicyclic amines) is 2. The summed E-state index contributed by atoms with van der Waals surface area (Å²) in [5, 5.41) is 6.47. The first-order chi connectivity index (χ1) is 12.7. The molecule has 0 aliphatic carbocycles. The van der Waals surface area contributed by atoms with E-state index in [-0.39, 0.29) is 0 Å². The van der Waals surface area contributed by atoms with Gasteiger partial charge < -0.3 is 10.2 Å². The van der Waals surface area contributed by atoms with Crippen LogP contribution >= 0.6 is 23.6 Å². The summed E-state index contributed by atoms with van der Waals surface area (Å²) >= 11 is 7.41. The lowest BCUT2D eigenvalue weighted by Crippen LogP contribution is -2.47. The fourth-order valence-corrected chi connectivity index (χ4v) is 5.18. The first-order valence-electron chi connectivity index (χ1n) is 9.54. The Labute approximate surface area is 166 Å². The van der Waals surface area contributed by atoms with Crippen LogP contribution in [0.1, 0.15) is 29.7 Å². The Hall–Kier alpha value is -1.43. The molecule has 0 bridgehead atoms. The number of hydrogen-bond acceptors (Lipinski definition) is 3. The van der Waals surface area contributed by atoms with Crippen LogP contribution in [0.4, 0.5) is 0 Å². The van der Waals surface area contributed by atoms with Crippen LogP contribution in [0, 0.1) is 5.41 Å². The van der Waals surface area contributed by atoms with Gasteiger partial charge in [0, 0.05) is 31.1 Å². The maximum absolute atomic E-state index is 5.63. The van der Waals surface area contributed by atoms with Crippen molar-refractivity contribution in [3.8, 4) is 0 Å². The van der Waals surface area contributed by atoms with Crippen molar-refractivity contribution in [1.29, 1.82) is 0 Å². The second-order valence-electron chi connectivity index (χ2n) is 7.67. The molecular formula is C21H27N3S2. The molecule has 3 nitrogen and oxygen atoms in total. The third-order valence-electron chi connectivity index (χ3n) is 5.87. The molecule has 26 heavy (non-hydrogen) atoms. The van der Waals surface area contributed by atoms with E-state index in [9.17, 15) is 0 Å². The summed E-state index contributed by atoms with van der Waals surface area (Å²) in [6, 6.07) is 15.1. The Kier molecular flexibility index (Phi) is 5.57. The Morgan fingerprint density at radius 1 is 1.04 bits per heavy atom. The first-order valence-corrected chi connectivity index (χ1v) is 10.8. The summed E-state index contributed by atoms with van der Waals surface area (Å²) < 4.78 is 0. The molecule has 0 amide bonds. The van der Waals surface area contributed by atoms with Crippen molar-refractivity contribution in [1.82, 2.24) is 15.1 Å². The van der Waals surface area contributed by atoms with E-state index in [1.54, 1.807) is 11.3 Å². The lowest BCUT2D eigenvalue weighted by atomic mass is 9.78. The standard InChI is InChI=1S/C21H27N3S2/c25-20(22-15-19-7-4-14-26-19)24-12-9-21(10-13-24)8-11-23(17-21)16-18-5-2-1-3-6-18/h1-7,14H,8-13,15-17H2,(H,22,25). The normalized spacial score (nSPS) is 19.8. The molecule has 0 saturated carbocycles. The fourth-order valence-electron chi connectivity index (χ4n) is 4.28. The van der Waals surface area contributed by atoms with Crippen molar-refractivity contribution >= 4 is 28.7 Å². The molecule has 2 fully saturated rings. The third-order valence-corrected chi connectivity index (χ3v) is 7.15. The second-order valence-corrected chi connectivity index (χ2v) is 9.09. The van der Waals surface area contributed by atoms with Crippen LogP contribution in [0.15, 0.2) is 47.8 Å². The molecule has 1 N–H and O–H groups in total. The smallest absolute Gasteiger partial charge is 0.169 e. The van der Waals surface area contributed by atoms with Gasteiger partial charge in [-0.15, -0.1) is 11.3 Å². The Morgan fingerprint density at radius 3 is 2.54 bits per heavy atom. The molecule has 2 saturated heterocycles. The Bertz CT molecular complexity index is 706. The van der Waals surface area contributed by atoms with Crippen molar-refractivity contribution in [2.45, 2.75) is 32.4 Å². The average molecular weight is 386 g/mol. The summed E-state index contributed by atoms with van der Waals surface area (Å²) in [5.74, 6) is 0. The van der Waals surface area contributed by atoms with Crippen molar-refractivity contribution in [2.75, 3.05) is 26.2 Å². The Balaban J connectivity index is 1.25. The molecule has 5 heteroatoms. The van der Waals surface area contributed by atoms with Crippen LogP contribution in [0.2, 0.25) is 0 Å². The quantitative estimate of drug-likeness (QED) is 0.798. The van der Waals surface area contributed by atoms with Gasteiger partial charge in [0.1, 0.15) is 0 Å². The molecule has 0 radical (unpaired) electrons. The molecule has 1 spiro atoms. The molecule has 2 aromatic rings. The predicted molar refractivity (Wildman–Crippen MR) is 113 cm³/mol. The van der Waals surface area contributed by atoms with Gasteiger partial charge in [-0.05, 0) is 60.4 Å². The lowest BCUT2D eigenvalue weighted by Gasteiger charge is -2.40. The molecule has 2 aliphatic heterocycles. The van der Waals surface area contributed by atoms with Gasteiger partial charge in [-0.25, -0.2) is 0 Å². The van der Waals surface area contributed by atoms with E-state index in [0.717, 1.165) is 31.3 Å². The zero-order valence-corrected chi connectivity index (χ0v) is 16.8. The van der Waals surface area contributed by atoms with Crippen LogP contribution in [0.3, 0.4) is 0 Å². The van der Waals surface area contributed by atoms with Gasteiger partial charge in [-0.2, -0.15) is 0 Å². The van der Waals surface area contributed by atoms with Gasteiger partial charge in [0.2, 0.25) is 0 Å². The molecule has 0 unspecified atom stereocenters. The monoisotopic (exact) mass is 385 g/mol. The van der Waals surface area contributed by atoms with E-state index in [0.29, 0.717) is 5.41 Å². The van der Waals surface area contributed by atoms with Crippen molar-refractivity contribution in [2.24, 2.45) is 5.41 Å². The third kappa shape index (κ3) is 4.27.